The van der Waals surface area contributed by atoms with E-state index in [9.17, 15) is 14.7 Å². The molecule has 2 rings (SSSR count). The molecule has 0 unspecified atom stereocenters. The van der Waals surface area contributed by atoms with Crippen molar-refractivity contribution in [2.24, 2.45) is 0 Å². The number of aromatic hydroxyl groups is 1. The molecule has 0 aliphatic rings. The van der Waals surface area contributed by atoms with Crippen LogP contribution in [0.3, 0.4) is 0 Å². The minimum Gasteiger partial charge on any atom is -0.507 e. The molecule has 24 heavy (non-hydrogen) atoms. The molecule has 0 aliphatic heterocycles. The summed E-state index contributed by atoms with van der Waals surface area (Å²) in [5.41, 5.74) is 2.36. The lowest BCUT2D eigenvalue weighted by Gasteiger charge is -2.08. The Bertz CT molecular complexity index is 767. The molecule has 0 radical (unpaired) electrons. The van der Waals surface area contributed by atoms with E-state index >= 15 is 0 Å². The Morgan fingerprint density at radius 2 is 1.79 bits per heavy atom. The fourth-order valence-corrected chi connectivity index (χ4v) is 2.26. The first-order valence-corrected chi connectivity index (χ1v) is 7.75. The van der Waals surface area contributed by atoms with Crippen LogP contribution in [0.5, 0.6) is 5.75 Å². The number of carbonyl (C=O) groups excluding carboxylic acids is 2. The minimum absolute atomic E-state index is 0.103. The normalized spacial score (nSPS) is 10.2. The van der Waals surface area contributed by atoms with Gasteiger partial charge in [0.25, 0.3) is 0 Å². The quantitative estimate of drug-likeness (QED) is 0.473. The van der Waals surface area contributed by atoms with Gasteiger partial charge >= 0.3 is 5.97 Å². The van der Waals surface area contributed by atoms with Gasteiger partial charge in [-0.15, -0.1) is 0 Å². The van der Waals surface area contributed by atoms with E-state index in [2.05, 4.69) is 6.58 Å². The summed E-state index contributed by atoms with van der Waals surface area (Å²) in [5, 5.41) is 9.07. The third kappa shape index (κ3) is 4.96. The predicted octanol–water partition coefficient (Wildman–Crippen LogP) is 3.66. The van der Waals surface area contributed by atoms with Crippen molar-refractivity contribution < 1.29 is 19.4 Å². The summed E-state index contributed by atoms with van der Waals surface area (Å²) in [5.74, 6) is -0.667. The van der Waals surface area contributed by atoms with E-state index in [1.807, 2.05) is 24.3 Å². The molecule has 0 spiro atoms. The average Bonchev–Trinajstić information content (AvgIpc) is 2.55. The molecule has 5 heteroatoms. The second kappa shape index (κ2) is 8.31. The van der Waals surface area contributed by atoms with Gasteiger partial charge in [0.2, 0.25) is 5.24 Å². The lowest BCUT2D eigenvalue weighted by atomic mass is 10.0. The van der Waals surface area contributed by atoms with Crippen LogP contribution in [0.25, 0.3) is 0 Å². The summed E-state index contributed by atoms with van der Waals surface area (Å²) in [4.78, 5) is 22.9. The Hall–Kier alpha value is -2.59. The van der Waals surface area contributed by atoms with Crippen LogP contribution in [0.15, 0.2) is 60.7 Å². The van der Waals surface area contributed by atoms with Gasteiger partial charge in [0.05, 0.1) is 6.61 Å². The van der Waals surface area contributed by atoms with Crippen LogP contribution in [0.4, 0.5) is 0 Å². The lowest BCUT2D eigenvalue weighted by molar-refractivity contribution is -0.108. The van der Waals surface area contributed by atoms with Crippen molar-refractivity contribution in [3.63, 3.8) is 0 Å². The van der Waals surface area contributed by atoms with E-state index < -0.39 is 11.2 Å². The van der Waals surface area contributed by atoms with E-state index in [4.69, 9.17) is 16.3 Å². The molecule has 0 atom stereocenters. The minimum atomic E-state index is -0.564. The summed E-state index contributed by atoms with van der Waals surface area (Å²) < 4.78 is 5.18. The molecule has 0 fully saturated rings. The van der Waals surface area contributed by atoms with E-state index in [0.717, 1.165) is 11.1 Å². The van der Waals surface area contributed by atoms with Crippen molar-refractivity contribution in [3.05, 3.63) is 77.4 Å². The number of phenols is 1. The molecule has 0 aromatic heterocycles. The molecular formula is C19H17ClO4. The van der Waals surface area contributed by atoms with Crippen molar-refractivity contribution in [2.45, 2.75) is 12.8 Å². The summed E-state index contributed by atoms with van der Waals surface area (Å²) in [6.07, 6.45) is 0.905. The second-order valence-corrected chi connectivity index (χ2v) is 5.62. The summed E-state index contributed by atoms with van der Waals surface area (Å²) in [6, 6.07) is 13.8. The zero-order chi connectivity index (χ0) is 17.5. The molecule has 0 aliphatic carbocycles. The number of ether oxygens (including phenoxy) is 1. The molecule has 1 N–H and O–H groups in total. The summed E-state index contributed by atoms with van der Waals surface area (Å²) >= 11 is 5.39. The maximum Gasteiger partial charge on any atom is 0.341 e. The molecule has 4 nitrogen and oxygen atoms in total. The van der Waals surface area contributed by atoms with Gasteiger partial charge in [-0.1, -0.05) is 43.0 Å². The van der Waals surface area contributed by atoms with Crippen LogP contribution in [0.1, 0.15) is 21.5 Å². The Labute approximate surface area is 145 Å². The molecule has 0 heterocycles. The molecule has 0 amide bonds. The van der Waals surface area contributed by atoms with Crippen LogP contribution in [0, 0.1) is 0 Å². The number of para-hydroxylation sites is 1. The van der Waals surface area contributed by atoms with Gasteiger partial charge in [-0.2, -0.15) is 0 Å². The second-order valence-electron chi connectivity index (χ2n) is 5.28. The first kappa shape index (κ1) is 17.8. The SMILES string of the molecule is C=C(Cc1cccc(CCOC(=O)c2ccccc2O)c1)C(=O)Cl. The molecule has 0 bridgehead atoms. The van der Waals surface area contributed by atoms with Crippen molar-refractivity contribution in [2.75, 3.05) is 6.61 Å². The number of esters is 1. The smallest absolute Gasteiger partial charge is 0.341 e. The van der Waals surface area contributed by atoms with Crippen LogP contribution < -0.4 is 0 Å². The van der Waals surface area contributed by atoms with Gasteiger partial charge in [0.1, 0.15) is 11.3 Å². The Morgan fingerprint density at radius 3 is 2.50 bits per heavy atom. The van der Waals surface area contributed by atoms with Crippen molar-refractivity contribution in [1.29, 1.82) is 0 Å². The number of carbonyl (C=O) groups is 2. The highest BCUT2D eigenvalue weighted by molar-refractivity contribution is 6.67. The molecule has 0 saturated heterocycles. The number of rotatable bonds is 7. The molecular weight excluding hydrogens is 328 g/mol. The van der Waals surface area contributed by atoms with Crippen LogP contribution in [0.2, 0.25) is 0 Å². The number of benzene rings is 2. The lowest BCUT2D eigenvalue weighted by Crippen LogP contribution is -2.08. The first-order valence-electron chi connectivity index (χ1n) is 7.38. The third-order valence-electron chi connectivity index (χ3n) is 3.43. The van der Waals surface area contributed by atoms with Crippen molar-refractivity contribution in [1.82, 2.24) is 0 Å². The van der Waals surface area contributed by atoms with Crippen molar-refractivity contribution >= 4 is 22.8 Å². The Balaban J connectivity index is 1.91. The van der Waals surface area contributed by atoms with E-state index in [1.54, 1.807) is 12.1 Å². The van der Waals surface area contributed by atoms with E-state index in [0.29, 0.717) is 18.4 Å². The molecule has 0 saturated carbocycles. The molecule has 124 valence electrons. The zero-order valence-corrected chi connectivity index (χ0v) is 13.8. The fraction of sp³-hybridized carbons (Fsp3) is 0.158. The van der Waals surface area contributed by atoms with Gasteiger partial charge in [-0.05, 0) is 34.9 Å². The summed E-state index contributed by atoms with van der Waals surface area (Å²) in [7, 11) is 0. The topological polar surface area (TPSA) is 63.6 Å². The van der Waals surface area contributed by atoms with Gasteiger partial charge in [0, 0.05) is 18.4 Å². The first-order chi connectivity index (χ1) is 11.5. The Kier molecular flexibility index (Phi) is 6.15. The van der Waals surface area contributed by atoms with Crippen molar-refractivity contribution in [3.8, 4) is 5.75 Å². The highest BCUT2D eigenvalue weighted by Gasteiger charge is 2.11. The Morgan fingerprint density at radius 1 is 1.08 bits per heavy atom. The highest BCUT2D eigenvalue weighted by Crippen LogP contribution is 2.17. The van der Waals surface area contributed by atoms with Gasteiger partial charge in [-0.25, -0.2) is 4.79 Å². The van der Waals surface area contributed by atoms with Gasteiger partial charge in [0.15, 0.2) is 0 Å². The number of hydrogen-bond donors (Lipinski definition) is 1. The summed E-state index contributed by atoms with van der Waals surface area (Å²) in [6.45, 7) is 3.82. The van der Waals surface area contributed by atoms with Gasteiger partial charge < -0.3 is 9.84 Å². The predicted molar refractivity (Wildman–Crippen MR) is 92.2 cm³/mol. The number of allylic oxidation sites excluding steroid dienone is 1. The third-order valence-corrected chi connectivity index (χ3v) is 3.70. The van der Waals surface area contributed by atoms with E-state index in [1.165, 1.54) is 12.1 Å². The number of hydrogen-bond acceptors (Lipinski definition) is 4. The van der Waals surface area contributed by atoms with Crippen LogP contribution >= 0.6 is 11.6 Å². The standard InChI is InChI=1S/C19H17ClO4/c1-13(18(20)22)11-15-6-4-5-14(12-15)9-10-24-19(23)16-7-2-3-8-17(16)21/h2-8,12,21H,1,9-11H2. The number of phenolic OH excluding ortho intramolecular Hbond substituents is 1. The maximum atomic E-state index is 11.9. The molecule has 2 aromatic carbocycles. The molecule has 2 aromatic rings. The fourth-order valence-electron chi connectivity index (χ4n) is 2.20. The zero-order valence-electron chi connectivity index (χ0n) is 13.0. The monoisotopic (exact) mass is 344 g/mol. The number of halogens is 1. The van der Waals surface area contributed by atoms with Crippen LogP contribution in [-0.4, -0.2) is 22.9 Å². The van der Waals surface area contributed by atoms with Crippen LogP contribution in [-0.2, 0) is 22.4 Å². The average molecular weight is 345 g/mol. The van der Waals surface area contributed by atoms with Gasteiger partial charge in [-0.3, -0.25) is 4.79 Å². The largest absolute Gasteiger partial charge is 0.507 e. The highest BCUT2D eigenvalue weighted by atomic mass is 35.5. The maximum absolute atomic E-state index is 11.9. The van der Waals surface area contributed by atoms with E-state index in [-0.39, 0.29) is 17.9 Å².